The number of rotatable bonds is 3. The van der Waals surface area contributed by atoms with Gasteiger partial charge in [-0.15, -0.1) is 0 Å². The summed E-state index contributed by atoms with van der Waals surface area (Å²) in [6, 6.07) is 2.10. The molecule has 78 valence electrons. The van der Waals surface area contributed by atoms with Crippen molar-refractivity contribution in [2.75, 3.05) is 20.1 Å². The molecule has 1 amide bonds. The van der Waals surface area contributed by atoms with Crippen LogP contribution >= 0.6 is 0 Å². The smallest absolute Gasteiger partial charge is 0.239 e. The Labute approximate surface area is 84.9 Å². The lowest BCUT2D eigenvalue weighted by Crippen LogP contribution is -2.43. The molecule has 1 fully saturated rings. The van der Waals surface area contributed by atoms with Crippen LogP contribution in [0.4, 0.5) is 0 Å². The predicted molar refractivity (Wildman–Crippen MR) is 53.4 cm³/mol. The molecular weight excluding hydrogens is 178 g/mol. The van der Waals surface area contributed by atoms with Crippen LogP contribution in [0.25, 0.3) is 0 Å². The molecule has 0 radical (unpaired) electrons. The van der Waals surface area contributed by atoms with Crippen molar-refractivity contribution in [3.63, 3.8) is 0 Å². The first kappa shape index (κ1) is 11.0. The first-order valence-corrected chi connectivity index (χ1v) is 5.03. The molecule has 14 heavy (non-hydrogen) atoms. The highest BCUT2D eigenvalue weighted by Crippen LogP contribution is 2.08. The van der Waals surface area contributed by atoms with Crippen molar-refractivity contribution in [1.29, 1.82) is 5.26 Å². The second-order valence-electron chi connectivity index (χ2n) is 3.90. The van der Waals surface area contributed by atoms with E-state index in [0.29, 0.717) is 6.54 Å². The van der Waals surface area contributed by atoms with E-state index in [4.69, 9.17) is 5.26 Å². The van der Waals surface area contributed by atoms with Gasteiger partial charge in [-0.25, -0.2) is 0 Å². The number of hydrogen-bond donors (Lipinski definition) is 1. The number of carbonyl (C=O) groups excluding carboxylic acids is 1. The van der Waals surface area contributed by atoms with E-state index in [1.54, 1.807) is 11.9 Å². The predicted octanol–water partition coefficient (Wildman–Crippen LogP) is 0.356. The normalized spacial score (nSPS) is 22.8. The molecule has 4 nitrogen and oxygen atoms in total. The SMILES string of the molecule is CC(C#N)CN(C)C(=O)[C@@H]1CCCN1. The molecule has 1 heterocycles. The average molecular weight is 195 g/mol. The monoisotopic (exact) mass is 195 g/mol. The third kappa shape index (κ3) is 2.71. The molecule has 0 aromatic carbocycles. The molecule has 0 aromatic rings. The summed E-state index contributed by atoms with van der Waals surface area (Å²) in [5, 5.41) is 11.8. The van der Waals surface area contributed by atoms with Gasteiger partial charge in [-0.3, -0.25) is 4.79 Å². The van der Waals surface area contributed by atoms with Crippen LogP contribution < -0.4 is 5.32 Å². The average Bonchev–Trinajstić information content (AvgIpc) is 2.69. The molecule has 4 heteroatoms. The van der Waals surface area contributed by atoms with E-state index in [9.17, 15) is 4.79 Å². The minimum absolute atomic E-state index is 0.0223. The highest BCUT2D eigenvalue weighted by molar-refractivity contribution is 5.81. The van der Waals surface area contributed by atoms with E-state index in [1.807, 2.05) is 6.92 Å². The van der Waals surface area contributed by atoms with Gasteiger partial charge in [-0.2, -0.15) is 5.26 Å². The van der Waals surface area contributed by atoms with Gasteiger partial charge in [-0.05, 0) is 26.3 Å². The zero-order valence-electron chi connectivity index (χ0n) is 8.79. The van der Waals surface area contributed by atoms with Crippen molar-refractivity contribution < 1.29 is 4.79 Å². The van der Waals surface area contributed by atoms with Crippen molar-refractivity contribution in [3.05, 3.63) is 0 Å². The second-order valence-corrected chi connectivity index (χ2v) is 3.90. The van der Waals surface area contributed by atoms with Crippen LogP contribution in [0, 0.1) is 17.2 Å². The van der Waals surface area contributed by atoms with Gasteiger partial charge in [0.1, 0.15) is 0 Å². The lowest BCUT2D eigenvalue weighted by Gasteiger charge is -2.21. The maximum Gasteiger partial charge on any atom is 0.239 e. The molecule has 1 aliphatic rings. The molecule has 0 spiro atoms. The molecule has 1 rings (SSSR count). The third-order valence-corrected chi connectivity index (χ3v) is 2.50. The van der Waals surface area contributed by atoms with Crippen LogP contribution in [0.15, 0.2) is 0 Å². The van der Waals surface area contributed by atoms with E-state index >= 15 is 0 Å². The van der Waals surface area contributed by atoms with Crippen LogP contribution in [0.5, 0.6) is 0 Å². The summed E-state index contributed by atoms with van der Waals surface area (Å²) in [5.74, 6) is 0.0231. The Bertz CT molecular complexity index is 240. The fourth-order valence-electron chi connectivity index (χ4n) is 1.70. The maximum atomic E-state index is 11.8. The number of carbonyl (C=O) groups is 1. The van der Waals surface area contributed by atoms with Crippen LogP contribution in [-0.2, 0) is 4.79 Å². The van der Waals surface area contributed by atoms with Crippen molar-refractivity contribution in [3.8, 4) is 6.07 Å². The number of nitrogens with one attached hydrogen (secondary N) is 1. The first-order valence-electron chi connectivity index (χ1n) is 5.03. The van der Waals surface area contributed by atoms with Gasteiger partial charge in [0.2, 0.25) is 5.91 Å². The van der Waals surface area contributed by atoms with Crippen molar-refractivity contribution in [2.24, 2.45) is 5.92 Å². The van der Waals surface area contributed by atoms with E-state index in [2.05, 4.69) is 11.4 Å². The molecule has 0 aliphatic carbocycles. The maximum absolute atomic E-state index is 11.8. The van der Waals surface area contributed by atoms with Gasteiger partial charge >= 0.3 is 0 Å². The summed E-state index contributed by atoms with van der Waals surface area (Å²) < 4.78 is 0. The highest BCUT2D eigenvalue weighted by Gasteiger charge is 2.25. The molecular formula is C10H17N3O. The first-order chi connectivity index (χ1) is 6.65. The van der Waals surface area contributed by atoms with Crippen molar-refractivity contribution in [1.82, 2.24) is 10.2 Å². The van der Waals surface area contributed by atoms with E-state index in [-0.39, 0.29) is 17.9 Å². The number of hydrogen-bond acceptors (Lipinski definition) is 3. The molecule has 1 saturated heterocycles. The van der Waals surface area contributed by atoms with E-state index in [1.165, 1.54) is 0 Å². The van der Waals surface area contributed by atoms with Crippen LogP contribution in [0.1, 0.15) is 19.8 Å². The Morgan fingerprint density at radius 3 is 3.00 bits per heavy atom. The van der Waals surface area contributed by atoms with Crippen molar-refractivity contribution in [2.45, 2.75) is 25.8 Å². The quantitative estimate of drug-likeness (QED) is 0.707. The van der Waals surface area contributed by atoms with Gasteiger partial charge in [0, 0.05) is 13.6 Å². The van der Waals surface area contributed by atoms with E-state index < -0.39 is 0 Å². The Kier molecular flexibility index (Phi) is 3.90. The van der Waals surface area contributed by atoms with Gasteiger partial charge < -0.3 is 10.2 Å². The van der Waals surface area contributed by atoms with Gasteiger partial charge in [-0.1, -0.05) is 0 Å². The highest BCUT2D eigenvalue weighted by atomic mass is 16.2. The number of likely N-dealkylation sites (N-methyl/N-ethyl adjacent to an activating group) is 1. The Balaban J connectivity index is 2.40. The minimum Gasteiger partial charge on any atom is -0.343 e. The summed E-state index contributed by atoms with van der Waals surface area (Å²) in [6.07, 6.45) is 1.99. The van der Waals surface area contributed by atoms with Crippen LogP contribution in [0.2, 0.25) is 0 Å². The van der Waals surface area contributed by atoms with Gasteiger partial charge in [0.25, 0.3) is 0 Å². The Morgan fingerprint density at radius 1 is 1.79 bits per heavy atom. The third-order valence-electron chi connectivity index (χ3n) is 2.50. The fourth-order valence-corrected chi connectivity index (χ4v) is 1.70. The summed E-state index contributed by atoms with van der Waals surface area (Å²) in [7, 11) is 1.76. The number of nitriles is 1. The zero-order chi connectivity index (χ0) is 10.6. The molecule has 1 aliphatic heterocycles. The van der Waals surface area contributed by atoms with Crippen LogP contribution in [0.3, 0.4) is 0 Å². The fraction of sp³-hybridized carbons (Fsp3) is 0.800. The second kappa shape index (κ2) is 4.97. The molecule has 1 N–H and O–H groups in total. The van der Waals surface area contributed by atoms with Crippen molar-refractivity contribution >= 4 is 5.91 Å². The Morgan fingerprint density at radius 2 is 2.50 bits per heavy atom. The molecule has 1 unspecified atom stereocenters. The zero-order valence-corrected chi connectivity index (χ0v) is 8.79. The van der Waals surface area contributed by atoms with E-state index in [0.717, 1.165) is 19.4 Å². The summed E-state index contributed by atoms with van der Waals surface area (Å²) in [6.45, 7) is 3.28. The standard InChI is InChI=1S/C10H17N3O/c1-8(6-11)7-13(2)10(14)9-4-3-5-12-9/h8-9,12H,3-5,7H2,1-2H3/t8?,9-/m0/s1. The molecule has 0 bridgehead atoms. The van der Waals surface area contributed by atoms with Crippen LogP contribution in [-0.4, -0.2) is 37.0 Å². The minimum atomic E-state index is -0.0923. The molecule has 0 saturated carbocycles. The Hall–Kier alpha value is -1.08. The largest absolute Gasteiger partial charge is 0.343 e. The number of amides is 1. The lowest BCUT2D eigenvalue weighted by atomic mass is 10.1. The number of nitrogens with zero attached hydrogens (tertiary/aromatic N) is 2. The van der Waals surface area contributed by atoms with Gasteiger partial charge in [0.15, 0.2) is 0 Å². The molecule has 0 aromatic heterocycles. The molecule has 2 atom stereocenters. The summed E-state index contributed by atoms with van der Waals surface area (Å²) in [5.41, 5.74) is 0. The topological polar surface area (TPSA) is 56.1 Å². The summed E-state index contributed by atoms with van der Waals surface area (Å²) in [4.78, 5) is 13.4. The van der Waals surface area contributed by atoms with Gasteiger partial charge in [0.05, 0.1) is 18.0 Å². The lowest BCUT2D eigenvalue weighted by molar-refractivity contribution is -0.132. The summed E-state index contributed by atoms with van der Waals surface area (Å²) >= 11 is 0.